The molecular formula is C13H20O2. The number of rotatable bonds is 5. The van der Waals surface area contributed by atoms with E-state index >= 15 is 0 Å². The molecule has 0 radical (unpaired) electrons. The highest BCUT2D eigenvalue weighted by atomic mass is 16.5. The van der Waals surface area contributed by atoms with E-state index in [0.717, 1.165) is 24.4 Å². The van der Waals surface area contributed by atoms with Crippen molar-refractivity contribution in [1.29, 1.82) is 0 Å². The van der Waals surface area contributed by atoms with Gasteiger partial charge in [0, 0.05) is 12.8 Å². The Morgan fingerprint density at radius 1 is 1.13 bits per heavy atom. The van der Waals surface area contributed by atoms with Crippen molar-refractivity contribution in [3.63, 3.8) is 0 Å². The van der Waals surface area contributed by atoms with E-state index in [0.29, 0.717) is 6.61 Å². The molecule has 84 valence electrons. The van der Waals surface area contributed by atoms with Crippen LogP contribution in [0.15, 0.2) is 23.7 Å². The highest BCUT2D eigenvalue weighted by Gasteiger charge is 2.12. The molecule has 0 fully saturated rings. The van der Waals surface area contributed by atoms with Gasteiger partial charge >= 0.3 is 0 Å². The zero-order valence-electron chi connectivity index (χ0n) is 9.50. The van der Waals surface area contributed by atoms with E-state index in [1.807, 2.05) is 0 Å². The average molecular weight is 208 g/mol. The molecule has 0 aromatic heterocycles. The summed E-state index contributed by atoms with van der Waals surface area (Å²) in [4.78, 5) is 0. The van der Waals surface area contributed by atoms with Gasteiger partial charge in [0.25, 0.3) is 0 Å². The van der Waals surface area contributed by atoms with Gasteiger partial charge in [0.05, 0.1) is 11.5 Å². The second-order valence-corrected chi connectivity index (χ2v) is 4.36. The lowest BCUT2D eigenvalue weighted by molar-refractivity contribution is 0.0503. The molecule has 0 amide bonds. The van der Waals surface area contributed by atoms with Crippen molar-refractivity contribution >= 4 is 0 Å². The first-order valence-electron chi connectivity index (χ1n) is 6.02. The average Bonchev–Trinajstić information content (AvgIpc) is 2.86. The van der Waals surface area contributed by atoms with Crippen molar-refractivity contribution in [2.75, 3.05) is 6.61 Å². The monoisotopic (exact) mass is 208 g/mol. The zero-order valence-corrected chi connectivity index (χ0v) is 9.50. The fraction of sp³-hybridized carbons (Fsp3) is 0.692. The topological polar surface area (TPSA) is 18.5 Å². The lowest BCUT2D eigenvalue weighted by Gasteiger charge is -2.16. The summed E-state index contributed by atoms with van der Waals surface area (Å²) in [7, 11) is 0. The smallest absolute Gasteiger partial charge is 0.129 e. The summed E-state index contributed by atoms with van der Waals surface area (Å²) in [5.74, 6) is 2.32. The van der Waals surface area contributed by atoms with Gasteiger partial charge in [0.2, 0.25) is 0 Å². The maximum absolute atomic E-state index is 5.78. The van der Waals surface area contributed by atoms with Gasteiger partial charge in [-0.05, 0) is 44.8 Å². The Morgan fingerprint density at radius 3 is 2.40 bits per heavy atom. The summed E-state index contributed by atoms with van der Waals surface area (Å²) in [6.07, 6.45) is 11.6. The Labute approximate surface area is 92.0 Å². The molecule has 0 saturated heterocycles. The first-order valence-corrected chi connectivity index (χ1v) is 6.02. The third-order valence-corrected chi connectivity index (χ3v) is 2.85. The van der Waals surface area contributed by atoms with Gasteiger partial charge < -0.3 is 9.47 Å². The van der Waals surface area contributed by atoms with E-state index in [-0.39, 0.29) is 6.10 Å². The Morgan fingerprint density at radius 2 is 1.80 bits per heavy atom. The summed E-state index contributed by atoms with van der Waals surface area (Å²) in [5.41, 5.74) is 0. The van der Waals surface area contributed by atoms with Crippen molar-refractivity contribution in [3.8, 4) is 0 Å². The molecule has 2 nitrogen and oxygen atoms in total. The van der Waals surface area contributed by atoms with Crippen LogP contribution in [0.3, 0.4) is 0 Å². The quantitative estimate of drug-likeness (QED) is 0.688. The van der Waals surface area contributed by atoms with Gasteiger partial charge in [-0.2, -0.15) is 0 Å². The third kappa shape index (κ3) is 3.29. The Hall–Kier alpha value is -0.920. The molecule has 0 aromatic rings. The first kappa shape index (κ1) is 10.6. The molecular weight excluding hydrogens is 188 g/mol. The first-order chi connectivity index (χ1) is 7.34. The zero-order chi connectivity index (χ0) is 10.5. The van der Waals surface area contributed by atoms with E-state index in [1.165, 1.54) is 25.7 Å². The summed E-state index contributed by atoms with van der Waals surface area (Å²) in [6.45, 7) is 2.76. The maximum Gasteiger partial charge on any atom is 0.129 e. The van der Waals surface area contributed by atoms with E-state index < -0.39 is 0 Å². The molecule has 2 aliphatic rings. The molecule has 1 unspecified atom stereocenters. The minimum Gasteiger partial charge on any atom is -0.494 e. The lowest BCUT2D eigenvalue weighted by Crippen LogP contribution is -2.15. The summed E-state index contributed by atoms with van der Waals surface area (Å²) >= 11 is 0. The van der Waals surface area contributed by atoms with Crippen LogP contribution in [0.4, 0.5) is 0 Å². The summed E-state index contributed by atoms with van der Waals surface area (Å²) < 4.78 is 11.5. The molecule has 1 atom stereocenters. The number of hydrogen-bond donors (Lipinski definition) is 0. The molecule has 0 N–H and O–H groups in total. The molecule has 2 aliphatic carbocycles. The van der Waals surface area contributed by atoms with Gasteiger partial charge in [-0.15, -0.1) is 0 Å². The van der Waals surface area contributed by atoms with Crippen molar-refractivity contribution in [2.45, 2.75) is 51.6 Å². The fourth-order valence-corrected chi connectivity index (χ4v) is 2.04. The third-order valence-electron chi connectivity index (χ3n) is 2.85. The standard InChI is InChI=1S/C13H20O2/c1-11(15-13-8-4-5-9-13)10-14-12-6-2-3-7-12/h6,8,11H,2-5,7,9-10H2,1H3. The van der Waals surface area contributed by atoms with Crippen LogP contribution >= 0.6 is 0 Å². The van der Waals surface area contributed by atoms with Crippen LogP contribution < -0.4 is 0 Å². The van der Waals surface area contributed by atoms with Crippen LogP contribution in [0.1, 0.15) is 45.4 Å². The molecule has 0 heterocycles. The highest BCUT2D eigenvalue weighted by Crippen LogP contribution is 2.22. The van der Waals surface area contributed by atoms with Crippen LogP contribution in [0.2, 0.25) is 0 Å². The molecule has 0 aliphatic heterocycles. The number of hydrogen-bond acceptors (Lipinski definition) is 2. The van der Waals surface area contributed by atoms with Crippen LogP contribution in [0.5, 0.6) is 0 Å². The van der Waals surface area contributed by atoms with Crippen LogP contribution in [0, 0.1) is 0 Å². The predicted molar refractivity (Wildman–Crippen MR) is 60.4 cm³/mol. The minimum absolute atomic E-state index is 0.177. The van der Waals surface area contributed by atoms with Gasteiger partial charge in [-0.3, -0.25) is 0 Å². The van der Waals surface area contributed by atoms with Crippen molar-refractivity contribution in [1.82, 2.24) is 0 Å². The molecule has 15 heavy (non-hydrogen) atoms. The van der Waals surface area contributed by atoms with Crippen molar-refractivity contribution < 1.29 is 9.47 Å². The van der Waals surface area contributed by atoms with Gasteiger partial charge in [-0.1, -0.05) is 0 Å². The summed E-state index contributed by atoms with van der Waals surface area (Å²) in [6, 6.07) is 0. The molecule has 0 bridgehead atoms. The van der Waals surface area contributed by atoms with E-state index in [9.17, 15) is 0 Å². The SMILES string of the molecule is CC(COC1=CCCC1)OC1=CCCC1. The fourth-order valence-electron chi connectivity index (χ4n) is 2.04. The Kier molecular flexibility index (Phi) is 3.70. The minimum atomic E-state index is 0.177. The van der Waals surface area contributed by atoms with Crippen molar-refractivity contribution in [3.05, 3.63) is 23.7 Å². The predicted octanol–water partition coefficient (Wildman–Crippen LogP) is 3.54. The molecule has 0 spiro atoms. The van der Waals surface area contributed by atoms with Gasteiger partial charge in [0.15, 0.2) is 0 Å². The number of allylic oxidation sites excluding steroid dienone is 4. The Balaban J connectivity index is 1.65. The highest BCUT2D eigenvalue weighted by molar-refractivity contribution is 5.01. The molecule has 0 aromatic carbocycles. The van der Waals surface area contributed by atoms with Crippen LogP contribution in [-0.4, -0.2) is 12.7 Å². The largest absolute Gasteiger partial charge is 0.494 e. The maximum atomic E-state index is 5.78. The molecule has 2 rings (SSSR count). The van der Waals surface area contributed by atoms with Crippen LogP contribution in [-0.2, 0) is 9.47 Å². The summed E-state index contributed by atoms with van der Waals surface area (Å²) in [5, 5.41) is 0. The van der Waals surface area contributed by atoms with E-state index in [2.05, 4.69) is 19.1 Å². The Bertz CT molecular complexity index is 266. The molecule has 2 heteroatoms. The normalized spacial score (nSPS) is 22.2. The number of ether oxygens (including phenoxy) is 2. The van der Waals surface area contributed by atoms with Crippen LogP contribution in [0.25, 0.3) is 0 Å². The van der Waals surface area contributed by atoms with E-state index in [1.54, 1.807) is 0 Å². The second-order valence-electron chi connectivity index (χ2n) is 4.36. The lowest BCUT2D eigenvalue weighted by atomic mass is 10.3. The van der Waals surface area contributed by atoms with Gasteiger partial charge in [-0.25, -0.2) is 0 Å². The van der Waals surface area contributed by atoms with Crippen molar-refractivity contribution in [2.24, 2.45) is 0 Å². The van der Waals surface area contributed by atoms with E-state index in [4.69, 9.17) is 9.47 Å². The second kappa shape index (κ2) is 5.24. The molecule has 0 saturated carbocycles. The van der Waals surface area contributed by atoms with Gasteiger partial charge in [0.1, 0.15) is 12.7 Å².